The van der Waals surface area contributed by atoms with E-state index < -0.39 is 0 Å². The van der Waals surface area contributed by atoms with Gasteiger partial charge in [0.05, 0.1) is 23.1 Å². The third-order valence-corrected chi connectivity index (χ3v) is 7.87. The minimum Gasteiger partial charge on any atom is -0.348 e. The van der Waals surface area contributed by atoms with Gasteiger partial charge in [0.2, 0.25) is 0 Å². The maximum Gasteiger partial charge on any atom is 0.272 e. The first-order valence-corrected chi connectivity index (χ1v) is 13.1. The SMILES string of the molecule is Cc1ncsc1CCn1nc(C(=O)NC2CC2)c2c1CCN(Cc1cccn1-c1cccnc1)C2. The molecule has 0 saturated heterocycles. The molecule has 35 heavy (non-hydrogen) atoms. The molecule has 0 aromatic carbocycles. The number of carbonyl (C=O) groups excluding carboxylic acids is 1. The summed E-state index contributed by atoms with van der Waals surface area (Å²) in [5.74, 6) is -0.0305. The number of rotatable bonds is 8. The molecule has 1 saturated carbocycles. The molecule has 0 spiro atoms. The molecule has 1 amide bonds. The molecule has 1 aliphatic heterocycles. The van der Waals surface area contributed by atoms with Crippen LogP contribution in [-0.4, -0.2) is 47.7 Å². The molecule has 4 aromatic rings. The van der Waals surface area contributed by atoms with Crippen molar-refractivity contribution in [1.82, 2.24) is 34.5 Å². The van der Waals surface area contributed by atoms with Crippen molar-refractivity contribution in [3.05, 3.63) is 81.6 Å². The quantitative estimate of drug-likeness (QED) is 0.411. The van der Waals surface area contributed by atoms with Crippen LogP contribution in [0.15, 0.2) is 48.4 Å². The third-order valence-electron chi connectivity index (χ3n) is 6.88. The Bertz CT molecular complexity index is 1330. The molecule has 0 atom stereocenters. The van der Waals surface area contributed by atoms with Gasteiger partial charge in [0, 0.05) is 79.3 Å². The van der Waals surface area contributed by atoms with Crippen molar-refractivity contribution in [3.63, 3.8) is 0 Å². The van der Waals surface area contributed by atoms with E-state index in [1.165, 1.54) is 16.3 Å². The molecule has 0 radical (unpaired) electrons. The summed E-state index contributed by atoms with van der Waals surface area (Å²) in [5, 5.41) is 8.00. The number of hydrogen-bond donors (Lipinski definition) is 1. The molecule has 0 unspecified atom stereocenters. The highest BCUT2D eigenvalue weighted by Gasteiger charge is 2.31. The van der Waals surface area contributed by atoms with E-state index in [4.69, 9.17) is 5.10 Å². The Balaban J connectivity index is 1.24. The molecule has 1 fully saturated rings. The first-order chi connectivity index (χ1) is 17.2. The first-order valence-electron chi connectivity index (χ1n) is 12.2. The molecule has 6 rings (SSSR count). The second-order valence-corrected chi connectivity index (χ2v) is 10.3. The van der Waals surface area contributed by atoms with Gasteiger partial charge in [-0.15, -0.1) is 11.3 Å². The van der Waals surface area contributed by atoms with Gasteiger partial charge in [-0.2, -0.15) is 5.10 Å². The predicted octanol–water partition coefficient (Wildman–Crippen LogP) is 3.53. The number of hydrogen-bond acceptors (Lipinski definition) is 6. The van der Waals surface area contributed by atoms with Crippen molar-refractivity contribution in [2.75, 3.05) is 6.54 Å². The van der Waals surface area contributed by atoms with E-state index in [1.807, 2.05) is 17.8 Å². The van der Waals surface area contributed by atoms with Crippen molar-refractivity contribution < 1.29 is 4.79 Å². The first kappa shape index (κ1) is 22.2. The van der Waals surface area contributed by atoms with Crippen LogP contribution >= 0.6 is 11.3 Å². The highest BCUT2D eigenvalue weighted by Crippen LogP contribution is 2.27. The maximum atomic E-state index is 13.1. The normalized spacial score (nSPS) is 15.8. The van der Waals surface area contributed by atoms with Crippen molar-refractivity contribution >= 4 is 17.2 Å². The summed E-state index contributed by atoms with van der Waals surface area (Å²) in [4.78, 5) is 25.4. The van der Waals surface area contributed by atoms with E-state index in [2.05, 4.69) is 60.8 Å². The number of nitrogens with one attached hydrogen (secondary N) is 1. The van der Waals surface area contributed by atoms with Gasteiger partial charge in [-0.3, -0.25) is 19.4 Å². The molecular weight excluding hydrogens is 458 g/mol. The van der Waals surface area contributed by atoms with Crippen LogP contribution in [-0.2, 0) is 32.5 Å². The number of thiazole rings is 1. The van der Waals surface area contributed by atoms with E-state index in [-0.39, 0.29) is 5.91 Å². The Labute approximate surface area is 208 Å². The fourth-order valence-corrected chi connectivity index (χ4v) is 5.60. The Morgan fingerprint density at radius 2 is 2.17 bits per heavy atom. The average molecular weight is 488 g/mol. The molecule has 4 aromatic heterocycles. The zero-order valence-electron chi connectivity index (χ0n) is 19.9. The second kappa shape index (κ2) is 9.39. The van der Waals surface area contributed by atoms with Gasteiger partial charge >= 0.3 is 0 Å². The molecule has 1 aliphatic carbocycles. The van der Waals surface area contributed by atoms with Crippen LogP contribution in [0.25, 0.3) is 5.69 Å². The molecule has 5 heterocycles. The Hall–Kier alpha value is -3.30. The predicted molar refractivity (Wildman–Crippen MR) is 135 cm³/mol. The summed E-state index contributed by atoms with van der Waals surface area (Å²) >= 11 is 1.69. The molecule has 1 N–H and O–H groups in total. The molecule has 2 aliphatic rings. The Kier molecular flexibility index (Phi) is 5.95. The van der Waals surface area contributed by atoms with Crippen LogP contribution in [0.4, 0.5) is 0 Å². The number of carbonyl (C=O) groups is 1. The largest absolute Gasteiger partial charge is 0.348 e. The molecule has 0 bridgehead atoms. The smallest absolute Gasteiger partial charge is 0.272 e. The van der Waals surface area contributed by atoms with E-state index in [0.29, 0.717) is 11.7 Å². The lowest BCUT2D eigenvalue weighted by Gasteiger charge is -2.28. The van der Waals surface area contributed by atoms with Gasteiger partial charge in [-0.1, -0.05) is 0 Å². The summed E-state index contributed by atoms with van der Waals surface area (Å²) < 4.78 is 4.26. The minimum absolute atomic E-state index is 0.0305. The van der Waals surface area contributed by atoms with Gasteiger partial charge in [0.25, 0.3) is 5.91 Å². The number of nitrogens with zero attached hydrogens (tertiary/aromatic N) is 6. The Morgan fingerprint density at radius 1 is 1.26 bits per heavy atom. The number of amides is 1. The lowest BCUT2D eigenvalue weighted by molar-refractivity contribution is 0.0943. The van der Waals surface area contributed by atoms with Crippen molar-refractivity contribution in [2.24, 2.45) is 0 Å². The van der Waals surface area contributed by atoms with Crippen LogP contribution in [0.5, 0.6) is 0 Å². The van der Waals surface area contributed by atoms with Gasteiger partial charge in [-0.05, 0) is 44.0 Å². The molecule has 9 heteroatoms. The summed E-state index contributed by atoms with van der Waals surface area (Å²) in [6.45, 7) is 5.28. The fourth-order valence-electron chi connectivity index (χ4n) is 4.83. The summed E-state index contributed by atoms with van der Waals surface area (Å²) in [5.41, 5.74) is 8.13. The second-order valence-electron chi connectivity index (χ2n) is 9.40. The standard InChI is InChI=1S/C26H29N7OS/c1-18-24(35-17-28-18)9-13-33-23-8-12-31(16-22(23)25(30-33)26(34)29-19-6-7-19)15-21-5-3-11-32(21)20-4-2-10-27-14-20/h2-5,10-11,14,17,19H,6-9,12-13,15-16H2,1H3,(H,29,34). The summed E-state index contributed by atoms with van der Waals surface area (Å²) in [7, 11) is 0. The fraction of sp³-hybridized carbons (Fsp3) is 0.385. The lowest BCUT2D eigenvalue weighted by atomic mass is 10.0. The molecule has 180 valence electrons. The number of aryl methyl sites for hydroxylation is 3. The van der Waals surface area contributed by atoms with Crippen molar-refractivity contribution in [3.8, 4) is 5.69 Å². The lowest BCUT2D eigenvalue weighted by Crippen LogP contribution is -2.33. The molecular formula is C26H29N7OS. The van der Waals surface area contributed by atoms with Crippen LogP contribution < -0.4 is 5.32 Å². The summed E-state index contributed by atoms with van der Waals surface area (Å²) in [6, 6.07) is 8.57. The zero-order valence-corrected chi connectivity index (χ0v) is 20.7. The average Bonchev–Trinajstić information content (AvgIpc) is 3.25. The zero-order chi connectivity index (χ0) is 23.8. The van der Waals surface area contributed by atoms with Crippen LogP contribution in [0.1, 0.15) is 50.9 Å². The van der Waals surface area contributed by atoms with Gasteiger partial charge in [0.1, 0.15) is 0 Å². The van der Waals surface area contributed by atoms with Crippen molar-refractivity contribution in [1.29, 1.82) is 0 Å². The highest BCUT2D eigenvalue weighted by molar-refractivity contribution is 7.09. The summed E-state index contributed by atoms with van der Waals surface area (Å²) in [6.07, 6.45) is 9.65. The molecule has 8 nitrogen and oxygen atoms in total. The van der Waals surface area contributed by atoms with Crippen LogP contribution in [0.3, 0.4) is 0 Å². The van der Waals surface area contributed by atoms with E-state index >= 15 is 0 Å². The number of aromatic nitrogens is 5. The van der Waals surface area contributed by atoms with E-state index in [1.54, 1.807) is 17.5 Å². The minimum atomic E-state index is -0.0305. The van der Waals surface area contributed by atoms with E-state index in [0.717, 1.165) is 68.8 Å². The van der Waals surface area contributed by atoms with Crippen LogP contribution in [0.2, 0.25) is 0 Å². The number of fused-ring (bicyclic) bond motifs is 1. The number of pyridine rings is 1. The van der Waals surface area contributed by atoms with Crippen molar-refractivity contribution in [2.45, 2.75) is 58.3 Å². The topological polar surface area (TPSA) is 80.9 Å². The van der Waals surface area contributed by atoms with Gasteiger partial charge in [0.15, 0.2) is 5.69 Å². The Morgan fingerprint density at radius 3 is 2.94 bits per heavy atom. The monoisotopic (exact) mass is 487 g/mol. The van der Waals surface area contributed by atoms with Gasteiger partial charge < -0.3 is 9.88 Å². The van der Waals surface area contributed by atoms with Crippen LogP contribution in [0, 0.1) is 6.92 Å². The van der Waals surface area contributed by atoms with Gasteiger partial charge in [-0.25, -0.2) is 4.98 Å². The van der Waals surface area contributed by atoms with E-state index in [9.17, 15) is 4.79 Å². The maximum absolute atomic E-state index is 13.1. The third kappa shape index (κ3) is 4.66. The highest BCUT2D eigenvalue weighted by atomic mass is 32.1.